The van der Waals surface area contributed by atoms with Crippen LogP contribution >= 0.6 is 0 Å². The van der Waals surface area contributed by atoms with Crippen molar-refractivity contribution in [1.82, 2.24) is 0 Å². The number of aryl methyl sites for hydroxylation is 1. The number of aromatic hydroxyl groups is 1. The minimum atomic E-state index is 0.396. The Morgan fingerprint density at radius 2 is 1.14 bits per heavy atom. The highest BCUT2D eigenvalue weighted by Gasteiger charge is 2.24. The summed E-state index contributed by atoms with van der Waals surface area (Å²) in [5.41, 5.74) is 16.6. The van der Waals surface area contributed by atoms with Crippen LogP contribution in [0.3, 0.4) is 0 Å². The van der Waals surface area contributed by atoms with Crippen molar-refractivity contribution in [2.75, 3.05) is 0 Å². The fraction of sp³-hybridized carbons (Fsp3) is 0.143. The highest BCUT2D eigenvalue weighted by Crippen LogP contribution is 2.49. The van der Waals surface area contributed by atoms with Gasteiger partial charge in [-0.2, -0.15) is 0 Å². The van der Waals surface area contributed by atoms with E-state index in [-0.39, 0.29) is 0 Å². The van der Waals surface area contributed by atoms with Gasteiger partial charge in [-0.1, -0.05) is 116 Å². The lowest BCUT2D eigenvalue weighted by molar-refractivity contribution is 0.466. The van der Waals surface area contributed by atoms with Crippen molar-refractivity contribution in [2.24, 2.45) is 0 Å². The van der Waals surface area contributed by atoms with Gasteiger partial charge in [0.25, 0.3) is 0 Å². The van der Waals surface area contributed by atoms with Crippen molar-refractivity contribution in [1.29, 1.82) is 0 Å². The molecule has 0 spiro atoms. The highest BCUT2D eigenvalue weighted by atomic mass is 16.3. The van der Waals surface area contributed by atoms with Crippen LogP contribution in [0, 0.1) is 34.6 Å². The maximum atomic E-state index is 11.0. The number of phenolic OH excluding ortho intramolecular Hbond substituents is 1. The van der Waals surface area contributed by atoms with Crippen molar-refractivity contribution in [3.8, 4) is 39.1 Å². The Labute approximate surface area is 295 Å². The molecule has 0 atom stereocenters. The molecular weight excluding hydrogens is 605 g/mol. The average molecular weight is 647 g/mol. The molecule has 0 saturated carbocycles. The number of hydrogen-bond donors (Lipinski definition) is 1. The van der Waals surface area contributed by atoms with E-state index < -0.39 is 0 Å². The van der Waals surface area contributed by atoms with Gasteiger partial charge in [0, 0.05) is 0 Å². The van der Waals surface area contributed by atoms with Crippen LogP contribution in [-0.4, -0.2) is 5.11 Å². The third kappa shape index (κ3) is 4.83. The molecule has 1 N–H and O–H groups in total. The van der Waals surface area contributed by atoms with E-state index in [4.69, 9.17) is 0 Å². The van der Waals surface area contributed by atoms with Crippen LogP contribution in [0.1, 0.15) is 46.2 Å². The summed E-state index contributed by atoms with van der Waals surface area (Å²) >= 11 is 0. The zero-order valence-corrected chi connectivity index (χ0v) is 29.6. The third-order valence-electron chi connectivity index (χ3n) is 11.2. The number of benzene rings is 7. The minimum Gasteiger partial charge on any atom is -0.507 e. The lowest BCUT2D eigenvalue weighted by atomic mass is 9.80. The molecule has 1 nitrogen and oxygen atoms in total. The number of fused-ring (bicyclic) bond motifs is 3. The Bertz CT molecular complexity index is 2520. The zero-order valence-electron chi connectivity index (χ0n) is 29.6. The maximum absolute atomic E-state index is 11.0. The van der Waals surface area contributed by atoms with E-state index in [1.165, 1.54) is 88.0 Å². The molecule has 0 fully saturated rings. The van der Waals surface area contributed by atoms with Gasteiger partial charge in [-0.05, 0) is 170 Å². The first-order valence-electron chi connectivity index (χ1n) is 17.7. The zero-order chi connectivity index (χ0) is 34.7. The number of hydrogen-bond acceptors (Lipinski definition) is 1. The van der Waals surface area contributed by atoms with Gasteiger partial charge >= 0.3 is 0 Å². The predicted octanol–water partition coefficient (Wildman–Crippen LogP) is 13.7. The topological polar surface area (TPSA) is 20.2 Å². The monoisotopic (exact) mass is 646 g/mol. The van der Waals surface area contributed by atoms with Crippen LogP contribution < -0.4 is 0 Å². The summed E-state index contributed by atoms with van der Waals surface area (Å²) < 4.78 is 0. The van der Waals surface area contributed by atoms with E-state index in [1.807, 2.05) is 19.9 Å². The van der Waals surface area contributed by atoms with Crippen LogP contribution in [0.4, 0.5) is 0 Å². The van der Waals surface area contributed by atoms with E-state index >= 15 is 0 Å². The molecule has 1 heteroatoms. The summed E-state index contributed by atoms with van der Waals surface area (Å²) in [6, 6.07) is 38.1. The molecule has 0 heterocycles. The minimum absolute atomic E-state index is 0.396. The maximum Gasteiger partial charge on any atom is 0.121 e. The van der Waals surface area contributed by atoms with Crippen molar-refractivity contribution in [2.45, 2.75) is 47.5 Å². The summed E-state index contributed by atoms with van der Waals surface area (Å²) in [4.78, 5) is 0. The SMILES string of the molecule is C=CC1=C(c2c(C)cccc2-c2cc(-c3c4ccccc4c(-c4c(C)c(C)c(O)c(C)c4C)c4ccccc34)c3ccccc3c2)C=CCC1. The van der Waals surface area contributed by atoms with Crippen molar-refractivity contribution in [3.05, 3.63) is 167 Å². The van der Waals surface area contributed by atoms with Crippen molar-refractivity contribution >= 4 is 37.9 Å². The average Bonchev–Trinajstić information content (AvgIpc) is 3.15. The summed E-state index contributed by atoms with van der Waals surface area (Å²) in [6.07, 6.45) is 8.69. The quantitative estimate of drug-likeness (QED) is 0.185. The summed E-state index contributed by atoms with van der Waals surface area (Å²) in [7, 11) is 0. The molecule has 0 radical (unpaired) electrons. The van der Waals surface area contributed by atoms with E-state index in [0.717, 1.165) is 35.1 Å². The fourth-order valence-corrected chi connectivity index (χ4v) is 8.43. The van der Waals surface area contributed by atoms with E-state index in [9.17, 15) is 5.11 Å². The highest BCUT2D eigenvalue weighted by molar-refractivity contribution is 6.24. The first-order valence-corrected chi connectivity index (χ1v) is 17.7. The Morgan fingerprint density at radius 1 is 0.560 bits per heavy atom. The lowest BCUT2D eigenvalue weighted by Crippen LogP contribution is -2.00. The molecule has 7 aromatic rings. The largest absolute Gasteiger partial charge is 0.507 e. The van der Waals surface area contributed by atoms with Crippen molar-refractivity contribution < 1.29 is 5.11 Å². The van der Waals surface area contributed by atoms with Gasteiger partial charge in [0.1, 0.15) is 5.75 Å². The van der Waals surface area contributed by atoms with Crippen LogP contribution in [0.2, 0.25) is 0 Å². The summed E-state index contributed by atoms with van der Waals surface area (Å²) in [5, 5.41) is 18.4. The van der Waals surface area contributed by atoms with Gasteiger partial charge in [0.05, 0.1) is 0 Å². The molecule has 0 saturated heterocycles. The molecule has 7 aromatic carbocycles. The molecule has 8 rings (SSSR count). The molecule has 50 heavy (non-hydrogen) atoms. The summed E-state index contributed by atoms with van der Waals surface area (Å²) in [6.45, 7) is 14.8. The molecule has 0 amide bonds. The first-order chi connectivity index (χ1) is 24.3. The smallest absolute Gasteiger partial charge is 0.121 e. The van der Waals surface area contributed by atoms with Crippen LogP contribution in [0.25, 0.3) is 71.3 Å². The van der Waals surface area contributed by atoms with Gasteiger partial charge in [-0.15, -0.1) is 0 Å². The summed E-state index contributed by atoms with van der Waals surface area (Å²) in [5.74, 6) is 0.396. The molecule has 0 aliphatic heterocycles. The molecule has 0 unspecified atom stereocenters. The molecule has 1 aliphatic rings. The van der Waals surface area contributed by atoms with Crippen molar-refractivity contribution in [3.63, 3.8) is 0 Å². The van der Waals surface area contributed by atoms with Crippen LogP contribution in [0.15, 0.2) is 134 Å². The van der Waals surface area contributed by atoms with E-state index in [1.54, 1.807) is 0 Å². The van der Waals surface area contributed by atoms with Gasteiger partial charge in [-0.25, -0.2) is 0 Å². The van der Waals surface area contributed by atoms with Gasteiger partial charge in [0.15, 0.2) is 0 Å². The second-order valence-electron chi connectivity index (χ2n) is 13.9. The standard InChI is InChI=1S/C49H42O/c1-7-34-18-8-11-21-38(34)45-29(2)17-16-26-39(45)36-27-35-19-9-10-20-37(35)44(28-36)47-40-22-12-14-24-42(40)48(43-25-15-13-23-41(43)47)46-30(3)32(5)49(50)33(6)31(46)4/h7,9-17,19-28,50H,1,8,18H2,2-6H3. The lowest BCUT2D eigenvalue weighted by Gasteiger charge is -2.24. The molecule has 0 bridgehead atoms. The normalized spacial score (nSPS) is 13.1. The Morgan fingerprint density at radius 3 is 1.76 bits per heavy atom. The second-order valence-corrected chi connectivity index (χ2v) is 13.9. The first kappa shape index (κ1) is 31.6. The second kappa shape index (κ2) is 12.3. The number of rotatable bonds is 5. The Kier molecular flexibility index (Phi) is 7.80. The van der Waals surface area contributed by atoms with Crippen LogP contribution in [0.5, 0.6) is 5.75 Å². The van der Waals surface area contributed by atoms with E-state index in [0.29, 0.717) is 5.75 Å². The molecule has 0 aromatic heterocycles. The number of phenols is 1. The van der Waals surface area contributed by atoms with E-state index in [2.05, 4.69) is 143 Å². The molecular formula is C49H42O. The third-order valence-corrected chi connectivity index (χ3v) is 11.2. The Balaban J connectivity index is 1.51. The van der Waals surface area contributed by atoms with Gasteiger partial charge in [-0.3, -0.25) is 0 Å². The predicted molar refractivity (Wildman–Crippen MR) is 216 cm³/mol. The molecule has 1 aliphatic carbocycles. The van der Waals surface area contributed by atoms with Gasteiger partial charge in [0.2, 0.25) is 0 Å². The van der Waals surface area contributed by atoms with Crippen LogP contribution in [-0.2, 0) is 0 Å². The number of allylic oxidation sites excluding steroid dienone is 5. The fourth-order valence-electron chi connectivity index (χ4n) is 8.43. The Hall–Kier alpha value is -5.66. The molecule has 244 valence electrons. The van der Waals surface area contributed by atoms with Gasteiger partial charge < -0.3 is 5.11 Å².